The molecular formula is C26H20O4. The van der Waals surface area contributed by atoms with Crippen molar-refractivity contribution in [3.63, 3.8) is 0 Å². The Morgan fingerprint density at radius 1 is 0.633 bits per heavy atom. The number of para-hydroxylation sites is 1. The average molecular weight is 396 g/mol. The molecule has 0 saturated carbocycles. The summed E-state index contributed by atoms with van der Waals surface area (Å²) in [7, 11) is 0. The van der Waals surface area contributed by atoms with Gasteiger partial charge in [0.05, 0.1) is 0 Å². The van der Waals surface area contributed by atoms with Crippen LogP contribution in [0, 0.1) is 0 Å². The maximum absolute atomic E-state index is 11.3. The zero-order valence-electron chi connectivity index (χ0n) is 16.2. The lowest BCUT2D eigenvalue weighted by Gasteiger charge is -2.13. The summed E-state index contributed by atoms with van der Waals surface area (Å²) in [6.07, 6.45) is 0. The predicted octanol–water partition coefficient (Wildman–Crippen LogP) is 6.13. The third-order valence-corrected chi connectivity index (χ3v) is 4.68. The summed E-state index contributed by atoms with van der Waals surface area (Å²) in [4.78, 5) is 11.3. The summed E-state index contributed by atoms with van der Waals surface area (Å²) >= 11 is 0. The summed E-state index contributed by atoms with van der Waals surface area (Å²) in [5.41, 5.74) is 4.31. The topological polar surface area (TPSA) is 55.8 Å². The Morgan fingerprint density at radius 3 is 1.73 bits per heavy atom. The van der Waals surface area contributed by atoms with Gasteiger partial charge in [-0.1, -0.05) is 72.8 Å². The van der Waals surface area contributed by atoms with E-state index in [-0.39, 0.29) is 18.1 Å². The molecule has 0 aromatic heterocycles. The van der Waals surface area contributed by atoms with Gasteiger partial charge in [0, 0.05) is 0 Å². The molecule has 0 atom stereocenters. The van der Waals surface area contributed by atoms with Gasteiger partial charge in [-0.25, -0.2) is 4.79 Å². The van der Waals surface area contributed by atoms with E-state index in [0.717, 1.165) is 22.3 Å². The molecule has 4 heteroatoms. The zero-order valence-corrected chi connectivity index (χ0v) is 16.2. The van der Waals surface area contributed by atoms with Crippen molar-refractivity contribution in [2.75, 3.05) is 6.79 Å². The lowest BCUT2D eigenvalue weighted by molar-refractivity contribution is 0.0682. The molecule has 30 heavy (non-hydrogen) atoms. The van der Waals surface area contributed by atoms with E-state index in [1.165, 1.54) is 6.07 Å². The molecule has 0 aliphatic carbocycles. The van der Waals surface area contributed by atoms with E-state index in [2.05, 4.69) is 6.07 Å². The van der Waals surface area contributed by atoms with Crippen LogP contribution in [0.1, 0.15) is 10.4 Å². The third kappa shape index (κ3) is 4.50. The standard InChI is InChI=1S/C26H20O4/c27-26(28)24-13-7-8-14-25(24)30-18-29-23-16-21(19-9-3-1-4-10-19)15-22(17-23)20-11-5-2-6-12-20/h1-17H,18H2,(H,27,28). The molecule has 0 unspecified atom stereocenters. The first kappa shape index (κ1) is 19.3. The van der Waals surface area contributed by atoms with Gasteiger partial charge >= 0.3 is 5.97 Å². The van der Waals surface area contributed by atoms with Crippen molar-refractivity contribution >= 4 is 5.97 Å². The molecule has 4 aromatic rings. The summed E-state index contributed by atoms with van der Waals surface area (Å²) in [5.74, 6) is -0.126. The van der Waals surface area contributed by atoms with Crippen LogP contribution in [0.25, 0.3) is 22.3 Å². The number of rotatable bonds is 7. The zero-order chi connectivity index (χ0) is 20.8. The van der Waals surface area contributed by atoms with Crippen molar-refractivity contribution in [1.82, 2.24) is 0 Å². The molecule has 0 aliphatic rings. The number of aromatic carboxylic acids is 1. The quantitative estimate of drug-likeness (QED) is 0.382. The molecular weight excluding hydrogens is 376 g/mol. The Labute approximate surface area is 175 Å². The van der Waals surface area contributed by atoms with Gasteiger partial charge in [0.25, 0.3) is 0 Å². The molecule has 0 fully saturated rings. The molecule has 4 nitrogen and oxygen atoms in total. The van der Waals surface area contributed by atoms with Crippen molar-refractivity contribution in [3.8, 4) is 33.8 Å². The molecule has 148 valence electrons. The average Bonchev–Trinajstić information content (AvgIpc) is 2.80. The Kier molecular flexibility index (Phi) is 5.76. The van der Waals surface area contributed by atoms with Gasteiger partial charge < -0.3 is 14.6 Å². The highest BCUT2D eigenvalue weighted by Gasteiger charge is 2.11. The lowest BCUT2D eigenvalue weighted by atomic mass is 9.98. The van der Waals surface area contributed by atoms with Crippen LogP contribution in [0.15, 0.2) is 103 Å². The molecule has 0 spiro atoms. The minimum Gasteiger partial charge on any atom is -0.478 e. The fraction of sp³-hybridized carbons (Fsp3) is 0.0385. The molecule has 1 N–H and O–H groups in total. The molecule has 0 bridgehead atoms. The maximum atomic E-state index is 11.3. The van der Waals surface area contributed by atoms with Crippen LogP contribution in [0.3, 0.4) is 0 Å². The molecule has 0 radical (unpaired) electrons. The number of carbonyl (C=O) groups is 1. The number of ether oxygens (including phenoxy) is 2. The minimum atomic E-state index is -1.04. The van der Waals surface area contributed by atoms with Crippen LogP contribution in [-0.4, -0.2) is 17.9 Å². The molecule has 0 amide bonds. The number of carboxylic acids is 1. The van der Waals surface area contributed by atoms with Crippen molar-refractivity contribution in [3.05, 3.63) is 109 Å². The van der Waals surface area contributed by atoms with Gasteiger partial charge in [-0.15, -0.1) is 0 Å². The Hall–Kier alpha value is -4.05. The van der Waals surface area contributed by atoms with Gasteiger partial charge in [-0.3, -0.25) is 0 Å². The SMILES string of the molecule is O=C(O)c1ccccc1OCOc1cc(-c2ccccc2)cc(-c2ccccc2)c1. The molecule has 0 saturated heterocycles. The highest BCUT2D eigenvalue weighted by molar-refractivity contribution is 5.90. The van der Waals surface area contributed by atoms with Crippen LogP contribution < -0.4 is 9.47 Å². The second kappa shape index (κ2) is 8.97. The monoisotopic (exact) mass is 396 g/mol. The van der Waals surface area contributed by atoms with Crippen LogP contribution in [0.5, 0.6) is 11.5 Å². The van der Waals surface area contributed by atoms with Crippen molar-refractivity contribution in [2.24, 2.45) is 0 Å². The van der Waals surface area contributed by atoms with Gasteiger partial charge in [0.2, 0.25) is 6.79 Å². The van der Waals surface area contributed by atoms with E-state index in [0.29, 0.717) is 5.75 Å². The van der Waals surface area contributed by atoms with Gasteiger partial charge in [-0.05, 0) is 52.6 Å². The van der Waals surface area contributed by atoms with Crippen molar-refractivity contribution < 1.29 is 19.4 Å². The fourth-order valence-electron chi connectivity index (χ4n) is 3.21. The highest BCUT2D eigenvalue weighted by Crippen LogP contribution is 2.31. The van der Waals surface area contributed by atoms with E-state index in [4.69, 9.17) is 9.47 Å². The summed E-state index contributed by atoms with van der Waals surface area (Å²) in [6.45, 7) is -0.100. The molecule has 4 aromatic carbocycles. The highest BCUT2D eigenvalue weighted by atomic mass is 16.7. The first-order chi connectivity index (χ1) is 14.7. The Bertz CT molecular complexity index is 1080. The van der Waals surface area contributed by atoms with Crippen LogP contribution >= 0.6 is 0 Å². The Balaban J connectivity index is 1.60. The molecule has 4 rings (SSSR count). The van der Waals surface area contributed by atoms with E-state index >= 15 is 0 Å². The lowest BCUT2D eigenvalue weighted by Crippen LogP contribution is -2.09. The number of carboxylic acid groups (broad SMARTS) is 1. The predicted molar refractivity (Wildman–Crippen MR) is 117 cm³/mol. The van der Waals surface area contributed by atoms with Gasteiger partial charge in [0.15, 0.2) is 0 Å². The van der Waals surface area contributed by atoms with E-state index in [1.54, 1.807) is 18.2 Å². The maximum Gasteiger partial charge on any atom is 0.339 e. The Morgan fingerprint density at radius 2 is 1.17 bits per heavy atom. The van der Waals surface area contributed by atoms with E-state index in [1.807, 2.05) is 72.8 Å². The van der Waals surface area contributed by atoms with Crippen LogP contribution in [0.2, 0.25) is 0 Å². The third-order valence-electron chi connectivity index (χ3n) is 4.68. The minimum absolute atomic E-state index is 0.100. The second-order valence-electron chi connectivity index (χ2n) is 6.69. The number of hydrogen-bond acceptors (Lipinski definition) is 3. The fourth-order valence-corrected chi connectivity index (χ4v) is 3.21. The first-order valence-electron chi connectivity index (χ1n) is 9.54. The molecule has 0 aliphatic heterocycles. The van der Waals surface area contributed by atoms with E-state index in [9.17, 15) is 9.90 Å². The van der Waals surface area contributed by atoms with Gasteiger partial charge in [0.1, 0.15) is 17.1 Å². The largest absolute Gasteiger partial charge is 0.478 e. The normalized spacial score (nSPS) is 10.4. The van der Waals surface area contributed by atoms with Crippen LogP contribution in [0.4, 0.5) is 0 Å². The number of hydrogen-bond donors (Lipinski definition) is 1. The van der Waals surface area contributed by atoms with Gasteiger partial charge in [-0.2, -0.15) is 0 Å². The molecule has 0 heterocycles. The van der Waals surface area contributed by atoms with Crippen molar-refractivity contribution in [2.45, 2.75) is 0 Å². The summed E-state index contributed by atoms with van der Waals surface area (Å²) in [5, 5.41) is 9.29. The first-order valence-corrected chi connectivity index (χ1v) is 9.54. The summed E-state index contributed by atoms with van der Waals surface area (Å²) in [6, 6.07) is 32.7. The van der Waals surface area contributed by atoms with Crippen LogP contribution in [-0.2, 0) is 0 Å². The van der Waals surface area contributed by atoms with Crippen molar-refractivity contribution in [1.29, 1.82) is 0 Å². The van der Waals surface area contributed by atoms with E-state index < -0.39 is 5.97 Å². The smallest absolute Gasteiger partial charge is 0.339 e. The summed E-state index contributed by atoms with van der Waals surface area (Å²) < 4.78 is 11.4. The second-order valence-corrected chi connectivity index (χ2v) is 6.69. The number of benzene rings is 4.